The van der Waals surface area contributed by atoms with Crippen LogP contribution in [-0.4, -0.2) is 58.8 Å². The maximum absolute atomic E-state index is 12.6. The number of aromatic nitrogens is 1. The van der Waals surface area contributed by atoms with E-state index in [4.69, 9.17) is 9.72 Å². The number of anilines is 1. The summed E-state index contributed by atoms with van der Waals surface area (Å²) < 4.78 is 6.09. The summed E-state index contributed by atoms with van der Waals surface area (Å²) in [4.78, 5) is 21.9. The number of nitriles is 1. The number of pyridine rings is 1. The van der Waals surface area contributed by atoms with Gasteiger partial charge in [0.15, 0.2) is 0 Å². The van der Waals surface area contributed by atoms with Crippen molar-refractivity contribution in [2.24, 2.45) is 5.92 Å². The van der Waals surface area contributed by atoms with Gasteiger partial charge in [-0.15, -0.1) is 0 Å². The zero-order chi connectivity index (χ0) is 21.8. The van der Waals surface area contributed by atoms with E-state index >= 15 is 0 Å². The van der Waals surface area contributed by atoms with Gasteiger partial charge >= 0.3 is 0 Å². The third kappa shape index (κ3) is 3.92. The summed E-state index contributed by atoms with van der Waals surface area (Å²) in [5.41, 5.74) is 3.79. The van der Waals surface area contributed by atoms with Crippen molar-refractivity contribution in [3.05, 3.63) is 22.4 Å². The van der Waals surface area contributed by atoms with Crippen LogP contribution in [0, 0.1) is 17.2 Å². The van der Waals surface area contributed by atoms with Crippen LogP contribution in [0.4, 0.5) is 5.82 Å². The highest BCUT2D eigenvalue weighted by molar-refractivity contribution is 5.77. The molecule has 4 aliphatic rings. The molecule has 1 aromatic rings. The standard InChI is InChI=1S/C24H32N4O3/c1-24(2)11-17-18(12-25)23(26-22(16-5-6-16)19(17)14-31-24)27-8-9-28(21(30)7-10-29)20(13-27)15-3-4-15/h15-16,20,29H,3-11,13-14H2,1-2H3. The van der Waals surface area contributed by atoms with Crippen LogP contribution >= 0.6 is 0 Å². The maximum Gasteiger partial charge on any atom is 0.225 e. The first kappa shape index (κ1) is 20.7. The summed E-state index contributed by atoms with van der Waals surface area (Å²) in [5.74, 6) is 1.84. The van der Waals surface area contributed by atoms with Crippen LogP contribution in [0.3, 0.4) is 0 Å². The number of rotatable bonds is 5. The number of carbonyl (C=O) groups is 1. The van der Waals surface area contributed by atoms with Gasteiger partial charge < -0.3 is 19.6 Å². The molecule has 166 valence electrons. The fraction of sp³-hybridized carbons (Fsp3) is 0.708. The number of aliphatic hydroxyl groups excluding tert-OH is 1. The molecule has 1 atom stereocenters. The first-order valence-electron chi connectivity index (χ1n) is 11.7. The maximum atomic E-state index is 12.6. The summed E-state index contributed by atoms with van der Waals surface area (Å²) in [6, 6.07) is 2.63. The SMILES string of the molecule is CC1(C)Cc2c(C#N)c(N3CCN(C(=O)CCO)C(C4CC4)C3)nc(C3CC3)c2CO1. The molecule has 0 bridgehead atoms. The number of aliphatic hydroxyl groups is 1. The molecule has 1 saturated heterocycles. The van der Waals surface area contributed by atoms with Crippen molar-refractivity contribution in [1.29, 1.82) is 5.26 Å². The van der Waals surface area contributed by atoms with E-state index in [2.05, 4.69) is 24.8 Å². The fourth-order valence-electron chi connectivity index (χ4n) is 5.25. The topological polar surface area (TPSA) is 89.7 Å². The predicted molar refractivity (Wildman–Crippen MR) is 116 cm³/mol. The lowest BCUT2D eigenvalue weighted by Crippen LogP contribution is -2.56. The lowest BCUT2D eigenvalue weighted by atomic mass is 9.87. The Kier molecular flexibility index (Phi) is 5.18. The minimum Gasteiger partial charge on any atom is -0.396 e. The molecule has 3 heterocycles. The molecule has 0 radical (unpaired) electrons. The van der Waals surface area contributed by atoms with Crippen LogP contribution in [-0.2, 0) is 22.6 Å². The minimum absolute atomic E-state index is 0.0375. The number of carbonyl (C=O) groups excluding carboxylic acids is 1. The van der Waals surface area contributed by atoms with E-state index in [-0.39, 0.29) is 30.6 Å². The van der Waals surface area contributed by atoms with Gasteiger partial charge in [0.25, 0.3) is 0 Å². The van der Waals surface area contributed by atoms with Gasteiger partial charge in [-0.2, -0.15) is 5.26 Å². The van der Waals surface area contributed by atoms with E-state index in [1.165, 1.54) is 0 Å². The Morgan fingerprint density at radius 2 is 2.03 bits per heavy atom. The van der Waals surface area contributed by atoms with Gasteiger partial charge in [0.1, 0.15) is 11.9 Å². The van der Waals surface area contributed by atoms with Crippen LogP contribution in [0.1, 0.15) is 74.3 Å². The number of ether oxygens (including phenoxy) is 1. The fourth-order valence-corrected chi connectivity index (χ4v) is 5.25. The molecule has 31 heavy (non-hydrogen) atoms. The Morgan fingerprint density at radius 3 is 2.68 bits per heavy atom. The number of amides is 1. The highest BCUT2D eigenvalue weighted by atomic mass is 16.5. The average molecular weight is 425 g/mol. The monoisotopic (exact) mass is 424 g/mol. The van der Waals surface area contributed by atoms with Gasteiger partial charge in [0.05, 0.1) is 36.1 Å². The molecule has 1 aromatic heterocycles. The van der Waals surface area contributed by atoms with Crippen molar-refractivity contribution < 1.29 is 14.6 Å². The first-order valence-corrected chi connectivity index (χ1v) is 11.7. The minimum atomic E-state index is -0.288. The molecule has 0 spiro atoms. The van der Waals surface area contributed by atoms with Gasteiger partial charge in [-0.25, -0.2) is 4.98 Å². The van der Waals surface area contributed by atoms with Crippen molar-refractivity contribution in [2.75, 3.05) is 31.1 Å². The third-order valence-electron chi connectivity index (χ3n) is 7.24. The second-order valence-corrected chi connectivity index (χ2v) is 10.2. The van der Waals surface area contributed by atoms with Gasteiger partial charge in [0.2, 0.25) is 5.91 Å². The normalized spacial score (nSPS) is 25.2. The molecule has 2 saturated carbocycles. The van der Waals surface area contributed by atoms with E-state index in [0.717, 1.165) is 54.7 Å². The summed E-state index contributed by atoms with van der Waals surface area (Å²) in [6.45, 7) is 6.60. The molecule has 7 nitrogen and oxygen atoms in total. The molecule has 0 aromatic carbocycles. The van der Waals surface area contributed by atoms with E-state index in [1.807, 2.05) is 4.90 Å². The first-order chi connectivity index (χ1) is 14.9. The summed E-state index contributed by atoms with van der Waals surface area (Å²) in [5, 5.41) is 19.4. The highest BCUT2D eigenvalue weighted by Gasteiger charge is 2.43. The molecule has 1 unspecified atom stereocenters. The summed E-state index contributed by atoms with van der Waals surface area (Å²) in [7, 11) is 0. The summed E-state index contributed by atoms with van der Waals surface area (Å²) >= 11 is 0. The number of piperazine rings is 1. The third-order valence-corrected chi connectivity index (χ3v) is 7.24. The number of nitrogens with zero attached hydrogens (tertiary/aromatic N) is 4. The number of hydrogen-bond acceptors (Lipinski definition) is 6. The van der Waals surface area contributed by atoms with Crippen LogP contribution in [0.25, 0.3) is 0 Å². The van der Waals surface area contributed by atoms with Crippen molar-refractivity contribution in [2.45, 2.75) is 76.5 Å². The van der Waals surface area contributed by atoms with Crippen molar-refractivity contribution in [3.63, 3.8) is 0 Å². The lowest BCUT2D eigenvalue weighted by Gasteiger charge is -2.43. The van der Waals surface area contributed by atoms with Gasteiger partial charge in [-0.05, 0) is 51.0 Å². The Balaban J connectivity index is 1.51. The van der Waals surface area contributed by atoms with Crippen molar-refractivity contribution in [3.8, 4) is 6.07 Å². The summed E-state index contributed by atoms with van der Waals surface area (Å²) in [6.07, 6.45) is 5.50. The van der Waals surface area contributed by atoms with Gasteiger partial charge in [-0.3, -0.25) is 4.79 Å². The molecule has 3 fully saturated rings. The molecular formula is C24H32N4O3. The number of hydrogen-bond donors (Lipinski definition) is 1. The second-order valence-electron chi connectivity index (χ2n) is 10.2. The van der Waals surface area contributed by atoms with E-state index < -0.39 is 0 Å². The largest absolute Gasteiger partial charge is 0.396 e. The van der Waals surface area contributed by atoms with Gasteiger partial charge in [0, 0.05) is 44.0 Å². The van der Waals surface area contributed by atoms with E-state index in [0.29, 0.717) is 43.6 Å². The van der Waals surface area contributed by atoms with Crippen LogP contribution < -0.4 is 4.90 Å². The van der Waals surface area contributed by atoms with Crippen LogP contribution in [0.15, 0.2) is 0 Å². The highest BCUT2D eigenvalue weighted by Crippen LogP contribution is 2.46. The molecular weight excluding hydrogens is 392 g/mol. The van der Waals surface area contributed by atoms with Crippen LogP contribution in [0.5, 0.6) is 0 Å². The molecule has 1 amide bonds. The van der Waals surface area contributed by atoms with Crippen molar-refractivity contribution in [1.82, 2.24) is 9.88 Å². The Hall–Kier alpha value is -2.17. The average Bonchev–Trinajstić information content (AvgIpc) is 3.64. The molecule has 5 rings (SSSR count). The second kappa shape index (κ2) is 7.75. The van der Waals surface area contributed by atoms with Gasteiger partial charge in [-0.1, -0.05) is 0 Å². The van der Waals surface area contributed by atoms with E-state index in [9.17, 15) is 15.2 Å². The van der Waals surface area contributed by atoms with E-state index in [1.54, 1.807) is 0 Å². The van der Waals surface area contributed by atoms with Crippen LogP contribution in [0.2, 0.25) is 0 Å². The predicted octanol–water partition coefficient (Wildman–Crippen LogP) is 2.49. The zero-order valence-corrected chi connectivity index (χ0v) is 18.6. The molecule has 2 aliphatic heterocycles. The smallest absolute Gasteiger partial charge is 0.225 e. The Bertz CT molecular complexity index is 930. The quantitative estimate of drug-likeness (QED) is 0.781. The Morgan fingerprint density at radius 1 is 1.26 bits per heavy atom. The van der Waals surface area contributed by atoms with Crippen molar-refractivity contribution >= 4 is 11.7 Å². The Labute approximate surface area is 184 Å². The molecule has 7 heteroatoms. The number of fused-ring (bicyclic) bond motifs is 1. The lowest BCUT2D eigenvalue weighted by molar-refractivity contribution is -0.135. The zero-order valence-electron chi connectivity index (χ0n) is 18.6. The molecule has 2 aliphatic carbocycles. The molecule has 1 N–H and O–H groups in total.